The van der Waals surface area contributed by atoms with E-state index in [0.717, 1.165) is 0 Å². The van der Waals surface area contributed by atoms with Crippen LogP contribution in [0.4, 0.5) is 5.69 Å². The van der Waals surface area contributed by atoms with E-state index >= 15 is 0 Å². The summed E-state index contributed by atoms with van der Waals surface area (Å²) in [6.07, 6.45) is 1.45. The molecule has 144 valence electrons. The number of halogens is 1. The second kappa shape index (κ2) is 8.35. The molecule has 2 aromatic rings. The van der Waals surface area contributed by atoms with Gasteiger partial charge in [-0.05, 0) is 13.0 Å². The zero-order valence-electron chi connectivity index (χ0n) is 14.9. The molecular weight excluding hydrogens is 428 g/mol. The van der Waals surface area contributed by atoms with E-state index in [4.69, 9.17) is 4.74 Å². The van der Waals surface area contributed by atoms with Crippen molar-refractivity contribution in [3.8, 4) is 0 Å². The fourth-order valence-electron chi connectivity index (χ4n) is 3.23. The molecule has 0 aliphatic carbocycles. The van der Waals surface area contributed by atoms with Crippen molar-refractivity contribution in [2.45, 2.75) is 18.9 Å². The molecule has 8 heteroatoms. The molecule has 3 rings (SSSR count). The molecule has 28 heavy (non-hydrogen) atoms. The molecule has 1 aliphatic rings. The van der Waals surface area contributed by atoms with E-state index in [9.17, 15) is 19.7 Å². The van der Waals surface area contributed by atoms with E-state index in [2.05, 4.69) is 21.2 Å². The number of rotatable bonds is 6. The lowest BCUT2D eigenvalue weighted by atomic mass is 9.83. The van der Waals surface area contributed by atoms with Crippen LogP contribution in [0, 0.1) is 10.1 Å². The van der Waals surface area contributed by atoms with Crippen LogP contribution in [0.25, 0.3) is 0 Å². The summed E-state index contributed by atoms with van der Waals surface area (Å²) in [5.74, 6) is -1.72. The highest BCUT2D eigenvalue weighted by Gasteiger charge is 2.42. The van der Waals surface area contributed by atoms with Crippen LogP contribution in [0.5, 0.6) is 0 Å². The number of nitro groups is 1. The third-order valence-corrected chi connectivity index (χ3v) is 4.94. The van der Waals surface area contributed by atoms with Crippen LogP contribution in [0.3, 0.4) is 0 Å². The molecule has 0 aromatic heterocycles. The number of nitro benzene ring substituents is 1. The van der Waals surface area contributed by atoms with Crippen molar-refractivity contribution in [1.29, 1.82) is 0 Å². The Morgan fingerprint density at radius 2 is 1.93 bits per heavy atom. The highest BCUT2D eigenvalue weighted by molar-refractivity contribution is 9.10. The molecule has 2 atom stereocenters. The van der Waals surface area contributed by atoms with E-state index in [0.29, 0.717) is 10.0 Å². The SMILES string of the molecule is CCOC(=O)C1NC=C(C(=O)c2ccccc2)C1c1ccc(Br)cc1[N+](=O)[O-]. The van der Waals surface area contributed by atoms with Crippen molar-refractivity contribution in [1.82, 2.24) is 5.32 Å². The molecule has 1 heterocycles. The lowest BCUT2D eigenvalue weighted by Gasteiger charge is -2.21. The molecule has 0 saturated carbocycles. The maximum Gasteiger partial charge on any atom is 0.329 e. The van der Waals surface area contributed by atoms with E-state index in [-0.39, 0.29) is 29.2 Å². The number of esters is 1. The van der Waals surface area contributed by atoms with Crippen LogP contribution in [0.15, 0.2) is 64.8 Å². The summed E-state index contributed by atoms with van der Waals surface area (Å²) < 4.78 is 5.64. The molecule has 7 nitrogen and oxygen atoms in total. The van der Waals surface area contributed by atoms with E-state index in [1.807, 2.05) is 0 Å². The first kappa shape index (κ1) is 19.8. The van der Waals surface area contributed by atoms with E-state index in [1.54, 1.807) is 49.4 Å². The number of ether oxygens (including phenoxy) is 1. The molecule has 0 fully saturated rings. The van der Waals surface area contributed by atoms with Crippen molar-refractivity contribution in [2.75, 3.05) is 6.61 Å². The lowest BCUT2D eigenvalue weighted by Crippen LogP contribution is -2.37. The van der Waals surface area contributed by atoms with Gasteiger partial charge in [0, 0.05) is 33.4 Å². The first-order valence-electron chi connectivity index (χ1n) is 8.60. The number of nitrogens with one attached hydrogen (secondary N) is 1. The summed E-state index contributed by atoms with van der Waals surface area (Å²) in [7, 11) is 0. The summed E-state index contributed by atoms with van der Waals surface area (Å²) in [4.78, 5) is 36.6. The van der Waals surface area contributed by atoms with Crippen molar-refractivity contribution < 1.29 is 19.2 Å². The van der Waals surface area contributed by atoms with Gasteiger partial charge in [0.15, 0.2) is 5.78 Å². The van der Waals surface area contributed by atoms with Crippen molar-refractivity contribution in [3.63, 3.8) is 0 Å². The molecule has 0 bridgehead atoms. The van der Waals surface area contributed by atoms with Gasteiger partial charge >= 0.3 is 5.97 Å². The Labute approximate surface area is 169 Å². The standard InChI is InChI=1S/C20H17BrN2O5/c1-2-28-20(25)18-17(14-9-8-13(21)10-16(14)23(26)27)15(11-22-18)19(24)12-6-4-3-5-7-12/h3-11,17-18,22H,2H2,1H3. The highest BCUT2D eigenvalue weighted by atomic mass is 79.9. The fourth-order valence-corrected chi connectivity index (χ4v) is 3.58. The lowest BCUT2D eigenvalue weighted by molar-refractivity contribution is -0.385. The Bertz CT molecular complexity index is 958. The van der Waals surface area contributed by atoms with Crippen LogP contribution in [0.2, 0.25) is 0 Å². The molecule has 0 saturated heterocycles. The van der Waals surface area contributed by atoms with Gasteiger partial charge < -0.3 is 10.1 Å². The van der Waals surface area contributed by atoms with Crippen molar-refractivity contribution in [2.24, 2.45) is 0 Å². The highest BCUT2D eigenvalue weighted by Crippen LogP contribution is 2.40. The topological polar surface area (TPSA) is 98.5 Å². The summed E-state index contributed by atoms with van der Waals surface area (Å²) in [5, 5.41) is 14.5. The van der Waals surface area contributed by atoms with Gasteiger partial charge in [-0.2, -0.15) is 0 Å². The van der Waals surface area contributed by atoms with Crippen LogP contribution in [-0.4, -0.2) is 29.3 Å². The van der Waals surface area contributed by atoms with Gasteiger partial charge in [-0.25, -0.2) is 4.79 Å². The average molecular weight is 445 g/mol. The summed E-state index contributed by atoms with van der Waals surface area (Å²) in [5.41, 5.74) is 0.801. The molecular formula is C20H17BrN2O5. The van der Waals surface area contributed by atoms with Crippen LogP contribution >= 0.6 is 15.9 Å². The Kier molecular flexibility index (Phi) is 5.89. The third-order valence-electron chi connectivity index (χ3n) is 4.45. The van der Waals surface area contributed by atoms with Crippen LogP contribution in [-0.2, 0) is 9.53 Å². The first-order valence-corrected chi connectivity index (χ1v) is 9.39. The minimum atomic E-state index is -0.928. The normalized spacial score (nSPS) is 18.1. The third kappa shape index (κ3) is 3.82. The van der Waals surface area contributed by atoms with Crippen molar-refractivity contribution in [3.05, 3.63) is 86.0 Å². The van der Waals surface area contributed by atoms with Gasteiger partial charge in [-0.3, -0.25) is 14.9 Å². The largest absolute Gasteiger partial charge is 0.464 e. The number of carbonyl (C=O) groups excluding carboxylic acids is 2. The second-order valence-corrected chi connectivity index (χ2v) is 7.04. The second-order valence-electron chi connectivity index (χ2n) is 6.13. The van der Waals surface area contributed by atoms with Gasteiger partial charge in [0.2, 0.25) is 0 Å². The Morgan fingerprint density at radius 1 is 1.21 bits per heavy atom. The number of carbonyl (C=O) groups is 2. The number of benzene rings is 2. The van der Waals surface area contributed by atoms with Gasteiger partial charge in [-0.1, -0.05) is 52.3 Å². The monoisotopic (exact) mass is 444 g/mol. The molecule has 0 amide bonds. The number of Topliss-reactive ketones (excluding diaryl/α,β-unsaturated/α-hetero) is 1. The number of hydrogen-bond donors (Lipinski definition) is 1. The first-order chi connectivity index (χ1) is 13.4. The summed E-state index contributed by atoms with van der Waals surface area (Å²) in [6.45, 7) is 1.83. The van der Waals surface area contributed by atoms with Gasteiger partial charge in [0.05, 0.1) is 17.4 Å². The molecule has 0 radical (unpaired) electrons. The minimum Gasteiger partial charge on any atom is -0.464 e. The van der Waals surface area contributed by atoms with Gasteiger partial charge in [-0.15, -0.1) is 0 Å². The molecule has 2 aromatic carbocycles. The zero-order valence-corrected chi connectivity index (χ0v) is 16.5. The predicted octanol–water partition coefficient (Wildman–Crippen LogP) is 3.74. The molecule has 1 aliphatic heterocycles. The Hall–Kier alpha value is -3.00. The number of hydrogen-bond acceptors (Lipinski definition) is 6. The van der Waals surface area contributed by atoms with E-state index < -0.39 is 22.9 Å². The zero-order chi connectivity index (χ0) is 20.3. The Morgan fingerprint density at radius 3 is 2.57 bits per heavy atom. The number of nitrogens with zero attached hydrogens (tertiary/aromatic N) is 1. The molecule has 1 N–H and O–H groups in total. The summed E-state index contributed by atoms with van der Waals surface area (Å²) >= 11 is 3.23. The van der Waals surface area contributed by atoms with Gasteiger partial charge in [0.1, 0.15) is 6.04 Å². The smallest absolute Gasteiger partial charge is 0.329 e. The molecule has 0 spiro atoms. The summed E-state index contributed by atoms with van der Waals surface area (Å²) in [6, 6.07) is 12.2. The quantitative estimate of drug-likeness (QED) is 0.315. The Balaban J connectivity index is 2.10. The average Bonchev–Trinajstić information content (AvgIpc) is 3.13. The van der Waals surface area contributed by atoms with E-state index in [1.165, 1.54) is 12.3 Å². The van der Waals surface area contributed by atoms with Crippen LogP contribution < -0.4 is 5.32 Å². The maximum atomic E-state index is 13.1. The predicted molar refractivity (Wildman–Crippen MR) is 106 cm³/mol. The minimum absolute atomic E-state index is 0.161. The maximum absolute atomic E-state index is 13.1. The van der Waals surface area contributed by atoms with Gasteiger partial charge in [0.25, 0.3) is 5.69 Å². The number of ketones is 1. The molecule has 2 unspecified atom stereocenters. The van der Waals surface area contributed by atoms with Crippen molar-refractivity contribution >= 4 is 33.4 Å². The fraction of sp³-hybridized carbons (Fsp3) is 0.200. The van der Waals surface area contributed by atoms with Crippen LogP contribution in [0.1, 0.15) is 28.8 Å².